The lowest BCUT2D eigenvalue weighted by Crippen LogP contribution is -2.14. The van der Waals surface area contributed by atoms with Crippen molar-refractivity contribution in [3.63, 3.8) is 0 Å². The highest BCUT2D eigenvalue weighted by atomic mass is 14.9. The highest BCUT2D eigenvalue weighted by molar-refractivity contribution is 6.22. The van der Waals surface area contributed by atoms with Gasteiger partial charge >= 0.3 is 0 Å². The number of benzene rings is 10. The first-order valence-corrected chi connectivity index (χ1v) is 21.8. The maximum absolute atomic E-state index is 5.47. The van der Waals surface area contributed by atoms with Crippen molar-refractivity contribution in [3.8, 4) is 78.4 Å². The molecule has 11 aromatic rings. The molecule has 0 aliphatic heterocycles. The molecular weight excluding hydrogens is 761 g/mol. The van der Waals surface area contributed by atoms with Crippen LogP contribution >= 0.6 is 0 Å². The molecule has 0 unspecified atom stereocenters. The quantitative estimate of drug-likeness (QED) is 0.157. The summed E-state index contributed by atoms with van der Waals surface area (Å²) in [7, 11) is 0. The van der Waals surface area contributed by atoms with E-state index in [1.807, 2.05) is 6.07 Å². The fourth-order valence-electron chi connectivity index (χ4n) is 10.2. The number of aromatic nitrogens is 2. The smallest absolute Gasteiger partial charge is 0.160 e. The lowest BCUT2D eigenvalue weighted by Gasteiger charge is -2.23. The number of rotatable bonds is 6. The Morgan fingerprint density at radius 3 is 1.46 bits per heavy atom. The fraction of sp³-hybridized carbons (Fsp3) is 0.0492. The Hall–Kier alpha value is -7.94. The van der Waals surface area contributed by atoms with Crippen LogP contribution in [0.2, 0.25) is 0 Å². The van der Waals surface area contributed by atoms with Gasteiger partial charge in [0.1, 0.15) is 0 Å². The third-order valence-corrected chi connectivity index (χ3v) is 13.3. The van der Waals surface area contributed by atoms with Crippen LogP contribution in [0.4, 0.5) is 0 Å². The van der Waals surface area contributed by atoms with Crippen LogP contribution in [0.3, 0.4) is 0 Å². The third-order valence-electron chi connectivity index (χ3n) is 13.3. The summed E-state index contributed by atoms with van der Waals surface area (Å²) in [6.45, 7) is 4.76. The van der Waals surface area contributed by atoms with E-state index in [0.717, 1.165) is 50.0 Å². The minimum absolute atomic E-state index is 0.151. The monoisotopic (exact) mass is 802 g/mol. The van der Waals surface area contributed by atoms with Crippen molar-refractivity contribution in [1.82, 2.24) is 9.97 Å². The van der Waals surface area contributed by atoms with E-state index < -0.39 is 0 Å². The molecule has 0 saturated carbocycles. The molecule has 12 rings (SSSR count). The average molecular weight is 803 g/mol. The predicted octanol–water partition coefficient (Wildman–Crippen LogP) is 16.2. The molecule has 1 heterocycles. The van der Waals surface area contributed by atoms with Crippen molar-refractivity contribution in [2.24, 2.45) is 0 Å². The summed E-state index contributed by atoms with van der Waals surface area (Å²) < 4.78 is 0. The first kappa shape index (κ1) is 36.9. The maximum atomic E-state index is 5.47. The number of hydrogen-bond acceptors (Lipinski definition) is 2. The SMILES string of the molecule is CC1(C)c2cc3ccccc3cc2-c2c(-c3c4ccccc4c(-c4cc(-c5ccccc5-c5ccc(-c6ccccc6)cc5)nc(-c5ccccc5)n4)c4ccccc34)cccc21. The van der Waals surface area contributed by atoms with Crippen LogP contribution in [0.15, 0.2) is 218 Å². The molecule has 10 aromatic carbocycles. The average Bonchev–Trinajstić information content (AvgIpc) is 3.57. The zero-order chi connectivity index (χ0) is 42.1. The summed E-state index contributed by atoms with van der Waals surface area (Å²) in [4.78, 5) is 10.8. The largest absolute Gasteiger partial charge is 0.228 e. The van der Waals surface area contributed by atoms with Gasteiger partial charge in [-0.1, -0.05) is 214 Å². The standard InChI is InChI=1S/C61H42N2/c1-61(2)53-31-17-30-51(58(53)52-36-43-22-9-10-23-44(43)37-54(52)61)57-47-26-13-15-28-49(47)59(50-29-16-14-27-48(50)57)56-38-55(62-60(63-56)42-20-7-4-8-21-42)46-25-12-11-24-45(46)41-34-32-40(33-35-41)39-18-5-3-6-19-39/h3-38H,1-2H3. The van der Waals surface area contributed by atoms with E-state index in [1.165, 1.54) is 66.1 Å². The molecule has 0 bridgehead atoms. The van der Waals surface area contributed by atoms with Gasteiger partial charge in [-0.15, -0.1) is 0 Å². The zero-order valence-corrected chi connectivity index (χ0v) is 35.2. The van der Waals surface area contributed by atoms with E-state index in [1.54, 1.807) is 0 Å². The molecule has 2 nitrogen and oxygen atoms in total. The Kier molecular flexibility index (Phi) is 8.55. The molecule has 0 saturated heterocycles. The Bertz CT molecular complexity index is 3510. The Balaban J connectivity index is 1.10. The molecule has 1 aliphatic carbocycles. The van der Waals surface area contributed by atoms with E-state index in [9.17, 15) is 0 Å². The summed E-state index contributed by atoms with van der Waals surface area (Å²) in [5, 5.41) is 7.27. The second-order valence-electron chi connectivity index (χ2n) is 17.3. The van der Waals surface area contributed by atoms with Crippen molar-refractivity contribution in [2.75, 3.05) is 0 Å². The third kappa shape index (κ3) is 6.02. The van der Waals surface area contributed by atoms with Crippen LogP contribution in [0.25, 0.3) is 111 Å². The van der Waals surface area contributed by atoms with Gasteiger partial charge in [-0.3, -0.25) is 0 Å². The van der Waals surface area contributed by atoms with Crippen molar-refractivity contribution in [2.45, 2.75) is 19.3 Å². The molecule has 2 heteroatoms. The molecule has 296 valence electrons. The molecule has 0 spiro atoms. The Morgan fingerprint density at radius 1 is 0.302 bits per heavy atom. The van der Waals surface area contributed by atoms with Crippen LogP contribution in [-0.2, 0) is 5.41 Å². The van der Waals surface area contributed by atoms with Crippen molar-refractivity contribution < 1.29 is 0 Å². The van der Waals surface area contributed by atoms with E-state index >= 15 is 0 Å². The molecule has 1 aromatic heterocycles. The van der Waals surface area contributed by atoms with Crippen LogP contribution < -0.4 is 0 Å². The number of fused-ring (bicyclic) bond motifs is 6. The van der Waals surface area contributed by atoms with Crippen LogP contribution in [0, 0.1) is 0 Å². The van der Waals surface area contributed by atoms with E-state index in [2.05, 4.69) is 226 Å². The lowest BCUT2D eigenvalue weighted by molar-refractivity contribution is 0.661. The highest BCUT2D eigenvalue weighted by Gasteiger charge is 2.37. The van der Waals surface area contributed by atoms with Gasteiger partial charge in [0.2, 0.25) is 0 Å². The molecule has 0 fully saturated rings. The molecule has 0 radical (unpaired) electrons. The van der Waals surface area contributed by atoms with Crippen LogP contribution in [0.1, 0.15) is 25.0 Å². The van der Waals surface area contributed by atoms with Crippen molar-refractivity contribution in [1.29, 1.82) is 0 Å². The summed E-state index contributed by atoms with van der Waals surface area (Å²) in [5.41, 5.74) is 17.3. The summed E-state index contributed by atoms with van der Waals surface area (Å²) in [5.74, 6) is 0.696. The first-order valence-electron chi connectivity index (χ1n) is 21.8. The molecule has 0 atom stereocenters. The van der Waals surface area contributed by atoms with Crippen LogP contribution in [0.5, 0.6) is 0 Å². The summed E-state index contributed by atoms with van der Waals surface area (Å²) in [6.07, 6.45) is 0. The topological polar surface area (TPSA) is 25.8 Å². The molecule has 0 N–H and O–H groups in total. The molecule has 1 aliphatic rings. The van der Waals surface area contributed by atoms with Crippen molar-refractivity contribution in [3.05, 3.63) is 230 Å². The van der Waals surface area contributed by atoms with Gasteiger partial charge in [0, 0.05) is 22.1 Å². The van der Waals surface area contributed by atoms with Gasteiger partial charge in [-0.05, 0) is 106 Å². The van der Waals surface area contributed by atoms with Gasteiger partial charge in [0.25, 0.3) is 0 Å². The zero-order valence-electron chi connectivity index (χ0n) is 35.2. The van der Waals surface area contributed by atoms with E-state index in [4.69, 9.17) is 9.97 Å². The Morgan fingerprint density at radius 2 is 0.794 bits per heavy atom. The predicted molar refractivity (Wildman–Crippen MR) is 265 cm³/mol. The number of hydrogen-bond donors (Lipinski definition) is 0. The molecule has 0 amide bonds. The second-order valence-corrected chi connectivity index (χ2v) is 17.3. The van der Waals surface area contributed by atoms with Gasteiger partial charge in [-0.25, -0.2) is 9.97 Å². The van der Waals surface area contributed by atoms with Crippen molar-refractivity contribution >= 4 is 32.3 Å². The van der Waals surface area contributed by atoms with E-state index in [0.29, 0.717) is 5.82 Å². The second kappa shape index (κ2) is 14.6. The van der Waals surface area contributed by atoms with Gasteiger partial charge in [0.15, 0.2) is 5.82 Å². The van der Waals surface area contributed by atoms with Crippen LogP contribution in [-0.4, -0.2) is 9.97 Å². The minimum Gasteiger partial charge on any atom is -0.228 e. The van der Waals surface area contributed by atoms with E-state index in [-0.39, 0.29) is 5.41 Å². The fourth-order valence-corrected chi connectivity index (χ4v) is 10.2. The summed E-state index contributed by atoms with van der Waals surface area (Å²) in [6, 6.07) is 79.0. The molecular formula is C61H42N2. The lowest BCUT2D eigenvalue weighted by atomic mass is 9.80. The van der Waals surface area contributed by atoms with Gasteiger partial charge in [0.05, 0.1) is 11.4 Å². The number of nitrogens with zero attached hydrogens (tertiary/aromatic N) is 2. The summed E-state index contributed by atoms with van der Waals surface area (Å²) >= 11 is 0. The van der Waals surface area contributed by atoms with Gasteiger partial charge in [-0.2, -0.15) is 0 Å². The molecule has 63 heavy (non-hydrogen) atoms. The normalized spacial score (nSPS) is 12.7. The Labute approximate surface area is 367 Å². The maximum Gasteiger partial charge on any atom is 0.160 e. The van der Waals surface area contributed by atoms with Gasteiger partial charge < -0.3 is 0 Å². The minimum atomic E-state index is -0.151. The highest BCUT2D eigenvalue weighted by Crippen LogP contribution is 2.55. The first-order chi connectivity index (χ1) is 31.0.